The number of fused-ring (bicyclic) bond motifs is 7. The van der Waals surface area contributed by atoms with Crippen LogP contribution in [-0.4, -0.2) is 37.6 Å². The molecule has 44 heavy (non-hydrogen) atoms. The Morgan fingerprint density at radius 3 is 2.34 bits per heavy atom. The van der Waals surface area contributed by atoms with Gasteiger partial charge in [-0.25, -0.2) is 0 Å². The maximum absolute atomic E-state index is 14.3. The van der Waals surface area contributed by atoms with Gasteiger partial charge >= 0.3 is 0 Å². The third-order valence-electron chi connectivity index (χ3n) is 15.4. The molecule has 2 heterocycles. The highest BCUT2D eigenvalue weighted by molar-refractivity contribution is 5.85. The van der Waals surface area contributed by atoms with Crippen molar-refractivity contribution in [1.82, 2.24) is 15.0 Å². The minimum absolute atomic E-state index is 0.0893. The molecule has 9 heteroatoms. The molecule has 5 aliphatic carbocycles. The summed E-state index contributed by atoms with van der Waals surface area (Å²) in [4.78, 5) is 26.8. The highest BCUT2D eigenvalue weighted by atomic mass is 16.4. The lowest BCUT2D eigenvalue weighted by molar-refractivity contribution is -0.871. The second kappa shape index (κ2) is 9.43. The maximum atomic E-state index is 14.3. The van der Waals surface area contributed by atoms with Crippen LogP contribution >= 0.6 is 0 Å². The first kappa shape index (κ1) is 30.0. The van der Waals surface area contributed by atoms with E-state index in [1.807, 2.05) is 0 Å². The zero-order chi connectivity index (χ0) is 31.5. The van der Waals surface area contributed by atoms with Gasteiger partial charge in [0, 0.05) is 17.1 Å². The molecule has 1 amide bonds. The van der Waals surface area contributed by atoms with Crippen molar-refractivity contribution in [2.45, 2.75) is 112 Å². The molecule has 0 saturated heterocycles. The van der Waals surface area contributed by atoms with Crippen molar-refractivity contribution >= 4 is 12.0 Å². The number of aromatic nitrogens is 3. The molecule has 5 fully saturated rings. The summed E-state index contributed by atoms with van der Waals surface area (Å²) in [6, 6.07) is -0.211. The average Bonchev–Trinajstić information content (AvgIpc) is 3.73. The molecule has 2 unspecified atom stereocenters. The molecule has 0 spiro atoms. The number of amides is 1. The summed E-state index contributed by atoms with van der Waals surface area (Å²) in [5.41, 5.74) is 0.863. The van der Waals surface area contributed by atoms with E-state index >= 15 is 0 Å². The first-order valence-electron chi connectivity index (χ1n) is 17.0. The largest absolute Gasteiger partial charge is 0.496 e. The van der Waals surface area contributed by atoms with Crippen molar-refractivity contribution in [2.75, 3.05) is 0 Å². The minimum Gasteiger partial charge on any atom is -0.496 e. The topological polar surface area (TPSA) is 113 Å². The molecule has 1 aromatic heterocycles. The van der Waals surface area contributed by atoms with E-state index in [-0.39, 0.29) is 39.5 Å². The summed E-state index contributed by atoms with van der Waals surface area (Å²) in [7, 11) is 0. The molecule has 0 bridgehead atoms. The lowest BCUT2D eigenvalue weighted by Gasteiger charge is -2.73. The van der Waals surface area contributed by atoms with E-state index in [9.17, 15) is 14.7 Å². The van der Waals surface area contributed by atoms with Crippen LogP contribution in [0.5, 0.6) is 0 Å². The molecular formula is C35H50N6O3. The van der Waals surface area contributed by atoms with Gasteiger partial charge in [-0.1, -0.05) is 52.0 Å². The zero-order valence-electron chi connectivity index (χ0n) is 27.5. The molecule has 0 radical (unpaired) electrons. The standard InChI is InChI=1S/C35H50N6O3/c1-22(2)23-10-15-35(29(42)40-20-18-36-38-40)17-16-33(6)24(28(23)35)8-9-26-32(5)13-12-27(41(30(43)44)21-19-37-39-41)31(3,4)25(32)11-14-34(26,33)7/h18-21,23-28H,1,8-17H2,2-7H3/t23-,24+,25-,26?,27-,28+,32-,33+,34+,35-,41?/m0/s1. The lowest BCUT2D eigenvalue weighted by Crippen LogP contribution is -2.70. The summed E-state index contributed by atoms with van der Waals surface area (Å²) < 4.78 is 0.973. The van der Waals surface area contributed by atoms with Gasteiger partial charge in [0.15, 0.2) is 6.20 Å². The summed E-state index contributed by atoms with van der Waals surface area (Å²) in [5.74, 6) is 2.10. The Kier molecular flexibility index (Phi) is 6.43. The number of carbonyl (C=O) groups is 2. The van der Waals surface area contributed by atoms with Crippen molar-refractivity contribution in [3.63, 3.8) is 0 Å². The normalized spacial score (nSPS) is 48.6. The Labute approximate surface area is 261 Å². The van der Waals surface area contributed by atoms with E-state index in [4.69, 9.17) is 0 Å². The van der Waals surface area contributed by atoms with Crippen LogP contribution in [0, 0.1) is 56.7 Å². The van der Waals surface area contributed by atoms with Gasteiger partial charge in [0.1, 0.15) is 12.2 Å². The molecule has 238 valence electrons. The number of carboxylic acid groups (broad SMARTS) is 1. The SMILES string of the molecule is C=C(C)[C@@H]1CC[C@]2(C(=O)n3ccnn3)CC[C@]3(C)[C@H](CCC4[C@@]5(C)CC[C@H]([N+]6(C(=O)[O-])C=CN=N6)C(C)(C)[C@@H]5CC[C@]43C)[C@@H]12. The third kappa shape index (κ3) is 3.51. The van der Waals surface area contributed by atoms with Crippen LogP contribution < -0.4 is 5.11 Å². The summed E-state index contributed by atoms with van der Waals surface area (Å²) >= 11 is 0. The third-order valence-corrected chi connectivity index (χ3v) is 15.4. The predicted octanol–water partition coefficient (Wildman–Crippen LogP) is 6.96. The first-order chi connectivity index (χ1) is 20.7. The van der Waals surface area contributed by atoms with Crippen LogP contribution in [0.4, 0.5) is 4.79 Å². The van der Waals surface area contributed by atoms with Gasteiger partial charge in [-0.15, -0.1) is 14.8 Å². The van der Waals surface area contributed by atoms with E-state index in [0.29, 0.717) is 23.7 Å². The molecular weight excluding hydrogens is 552 g/mol. The Hall–Kier alpha value is -2.68. The average molecular weight is 603 g/mol. The number of nitrogens with zero attached hydrogens (tertiary/aromatic N) is 6. The van der Waals surface area contributed by atoms with E-state index in [1.54, 1.807) is 18.6 Å². The van der Waals surface area contributed by atoms with Crippen LogP contribution in [0.2, 0.25) is 0 Å². The predicted molar refractivity (Wildman–Crippen MR) is 163 cm³/mol. The molecule has 1 aromatic rings. The van der Waals surface area contributed by atoms with E-state index in [0.717, 1.165) is 64.2 Å². The lowest BCUT2D eigenvalue weighted by atomic mass is 9.32. The van der Waals surface area contributed by atoms with Gasteiger partial charge in [0.05, 0.1) is 17.8 Å². The molecule has 0 N–H and O–H groups in total. The van der Waals surface area contributed by atoms with Crippen molar-refractivity contribution in [3.8, 4) is 0 Å². The van der Waals surface area contributed by atoms with E-state index in [2.05, 4.69) is 68.8 Å². The van der Waals surface area contributed by atoms with Gasteiger partial charge in [-0.2, -0.15) is 4.68 Å². The monoisotopic (exact) mass is 602 g/mol. The minimum atomic E-state index is -1.19. The van der Waals surface area contributed by atoms with Crippen molar-refractivity contribution in [3.05, 3.63) is 36.9 Å². The number of hydrogen-bond acceptors (Lipinski definition) is 7. The number of rotatable bonds is 3. The van der Waals surface area contributed by atoms with Crippen molar-refractivity contribution in [2.24, 2.45) is 67.0 Å². The van der Waals surface area contributed by atoms with Gasteiger partial charge in [-0.3, -0.25) is 4.79 Å². The molecule has 5 saturated carbocycles. The second-order valence-corrected chi connectivity index (χ2v) is 16.9. The van der Waals surface area contributed by atoms with Gasteiger partial charge in [-0.05, 0) is 111 Å². The Morgan fingerprint density at radius 1 is 0.932 bits per heavy atom. The van der Waals surface area contributed by atoms with Gasteiger partial charge in [0.25, 0.3) is 12.0 Å². The fraction of sp³-hybridized carbons (Fsp3) is 0.771. The Balaban J connectivity index is 1.25. The fourth-order valence-electron chi connectivity index (χ4n) is 13.4. The molecule has 6 aliphatic rings. The molecule has 7 rings (SSSR count). The summed E-state index contributed by atoms with van der Waals surface area (Å²) in [5, 5.41) is 28.9. The smallest absolute Gasteiger partial charge is 0.292 e. The van der Waals surface area contributed by atoms with Crippen LogP contribution in [0.3, 0.4) is 0 Å². The van der Waals surface area contributed by atoms with Gasteiger partial charge in [0.2, 0.25) is 0 Å². The molecule has 1 aliphatic heterocycles. The highest BCUT2D eigenvalue weighted by Crippen LogP contribution is 2.78. The van der Waals surface area contributed by atoms with Crippen LogP contribution in [0.1, 0.15) is 111 Å². The summed E-state index contributed by atoms with van der Waals surface area (Å²) in [6.07, 6.45) is 15.4. The van der Waals surface area contributed by atoms with Crippen molar-refractivity contribution < 1.29 is 19.3 Å². The number of allylic oxidation sites excluding steroid dienone is 1. The number of hydrogen-bond donors (Lipinski definition) is 0. The van der Waals surface area contributed by atoms with E-state index < -0.39 is 16.1 Å². The number of carbonyl (C=O) groups excluding carboxylic acids is 2. The quantitative estimate of drug-likeness (QED) is 0.274. The van der Waals surface area contributed by atoms with Crippen molar-refractivity contribution in [1.29, 1.82) is 0 Å². The maximum Gasteiger partial charge on any atom is 0.292 e. The van der Waals surface area contributed by atoms with Crippen LogP contribution in [-0.2, 0) is 0 Å². The molecule has 11 atom stereocenters. The molecule has 0 aromatic carbocycles. The van der Waals surface area contributed by atoms with Crippen LogP contribution in [0.25, 0.3) is 0 Å². The van der Waals surface area contributed by atoms with Crippen LogP contribution in [0.15, 0.2) is 47.3 Å². The highest BCUT2D eigenvalue weighted by Gasteiger charge is 2.73. The Morgan fingerprint density at radius 2 is 1.70 bits per heavy atom. The summed E-state index contributed by atoms with van der Waals surface area (Å²) in [6.45, 7) is 18.9. The Bertz CT molecular complexity index is 1440. The van der Waals surface area contributed by atoms with Gasteiger partial charge < -0.3 is 9.90 Å². The number of quaternary nitrogens is 1. The zero-order valence-corrected chi connectivity index (χ0v) is 27.5. The fourth-order valence-corrected chi connectivity index (χ4v) is 13.4. The van der Waals surface area contributed by atoms with E-state index in [1.165, 1.54) is 16.5 Å². The first-order valence-corrected chi connectivity index (χ1v) is 17.0. The molecule has 9 nitrogen and oxygen atoms in total. The second-order valence-electron chi connectivity index (χ2n) is 16.9.